The van der Waals surface area contributed by atoms with Gasteiger partial charge in [-0.1, -0.05) is 20.8 Å². The van der Waals surface area contributed by atoms with Gasteiger partial charge in [-0.2, -0.15) is 0 Å². The minimum absolute atomic E-state index is 0.102. The minimum Gasteiger partial charge on any atom is -0.480 e. The number of carboxylic acids is 1. The lowest BCUT2D eigenvalue weighted by molar-refractivity contribution is -0.138. The van der Waals surface area contributed by atoms with Gasteiger partial charge in [0.2, 0.25) is 0 Å². The molecule has 0 bridgehead atoms. The number of hydrogen-bond donors (Lipinski definition) is 1. The maximum Gasteiger partial charge on any atom is 0.323 e. The van der Waals surface area contributed by atoms with Gasteiger partial charge in [-0.05, 0) is 44.4 Å². The lowest BCUT2D eigenvalue weighted by Crippen LogP contribution is -2.48. The summed E-state index contributed by atoms with van der Waals surface area (Å²) in [6, 6.07) is -0.239. The molecule has 1 aliphatic heterocycles. The molecule has 0 aliphatic carbocycles. The molecule has 0 saturated carbocycles. The number of carbonyl (C=O) groups excluding carboxylic acids is 1. The first-order valence-corrected chi connectivity index (χ1v) is 7.90. The van der Waals surface area contributed by atoms with Gasteiger partial charge in [-0.15, -0.1) is 0 Å². The molecule has 1 heterocycles. The summed E-state index contributed by atoms with van der Waals surface area (Å²) in [6.45, 7) is 11.7. The van der Waals surface area contributed by atoms with Crippen LogP contribution in [0.4, 0.5) is 4.79 Å². The van der Waals surface area contributed by atoms with E-state index in [9.17, 15) is 9.59 Å². The smallest absolute Gasteiger partial charge is 0.323 e. The van der Waals surface area contributed by atoms with E-state index in [-0.39, 0.29) is 24.0 Å². The second-order valence-corrected chi connectivity index (χ2v) is 7.38. The minimum atomic E-state index is -0.959. The molecule has 1 atom stereocenters. The molecule has 0 aromatic carbocycles. The lowest BCUT2D eigenvalue weighted by Gasteiger charge is -2.32. The van der Waals surface area contributed by atoms with Crippen molar-refractivity contribution >= 4 is 12.0 Å². The van der Waals surface area contributed by atoms with E-state index in [0.717, 1.165) is 32.4 Å². The first-order chi connectivity index (χ1) is 9.62. The zero-order valence-corrected chi connectivity index (χ0v) is 14.1. The Hall–Kier alpha value is -1.26. The van der Waals surface area contributed by atoms with Gasteiger partial charge in [-0.25, -0.2) is 4.79 Å². The van der Waals surface area contributed by atoms with Crippen LogP contribution in [0.25, 0.3) is 0 Å². The third-order valence-electron chi connectivity index (χ3n) is 4.40. The van der Waals surface area contributed by atoms with Crippen LogP contribution in [0.3, 0.4) is 0 Å². The zero-order valence-electron chi connectivity index (χ0n) is 14.1. The highest BCUT2D eigenvalue weighted by Gasteiger charge is 2.31. The summed E-state index contributed by atoms with van der Waals surface area (Å²) in [5, 5.41) is 8.97. The predicted molar refractivity (Wildman–Crippen MR) is 83.2 cm³/mol. The number of carbonyl (C=O) groups is 2. The molecule has 5 heteroatoms. The summed E-state index contributed by atoms with van der Waals surface area (Å²) in [4.78, 5) is 26.8. The van der Waals surface area contributed by atoms with E-state index in [1.54, 1.807) is 0 Å². The Morgan fingerprint density at radius 1 is 1.24 bits per heavy atom. The summed E-state index contributed by atoms with van der Waals surface area (Å²) in [5.74, 6) is -0.346. The molecule has 122 valence electrons. The first kappa shape index (κ1) is 17.8. The van der Waals surface area contributed by atoms with Gasteiger partial charge in [0.1, 0.15) is 6.54 Å². The summed E-state index contributed by atoms with van der Waals surface area (Å²) < 4.78 is 0. The normalized spacial score (nSPS) is 20.3. The highest BCUT2D eigenvalue weighted by atomic mass is 16.4. The topological polar surface area (TPSA) is 60.9 Å². The first-order valence-electron chi connectivity index (χ1n) is 7.90. The molecule has 1 fully saturated rings. The van der Waals surface area contributed by atoms with Crippen LogP contribution in [0.2, 0.25) is 0 Å². The second-order valence-electron chi connectivity index (χ2n) is 7.38. The Morgan fingerprint density at radius 2 is 1.86 bits per heavy atom. The van der Waals surface area contributed by atoms with Crippen LogP contribution in [0.5, 0.6) is 0 Å². The summed E-state index contributed by atoms with van der Waals surface area (Å²) in [5.41, 5.74) is 0.262. The molecule has 1 rings (SSSR count). The molecule has 1 aliphatic rings. The summed E-state index contributed by atoms with van der Waals surface area (Å²) >= 11 is 0. The Bertz CT molecular complexity index is 374. The molecular formula is C16H30N2O3. The quantitative estimate of drug-likeness (QED) is 0.871. The molecule has 5 nitrogen and oxygen atoms in total. The summed E-state index contributed by atoms with van der Waals surface area (Å²) in [6.07, 6.45) is 3.12. The van der Waals surface area contributed by atoms with Crippen molar-refractivity contribution in [3.05, 3.63) is 0 Å². The fraction of sp³-hybridized carbons (Fsp3) is 0.875. The van der Waals surface area contributed by atoms with Gasteiger partial charge < -0.3 is 14.9 Å². The van der Waals surface area contributed by atoms with Crippen LogP contribution in [0, 0.1) is 11.3 Å². The van der Waals surface area contributed by atoms with Crippen LogP contribution in [-0.4, -0.2) is 52.6 Å². The van der Waals surface area contributed by atoms with Crippen molar-refractivity contribution in [3.63, 3.8) is 0 Å². The van der Waals surface area contributed by atoms with Crippen molar-refractivity contribution in [2.75, 3.05) is 19.6 Å². The van der Waals surface area contributed by atoms with Gasteiger partial charge in [-0.3, -0.25) is 4.79 Å². The Morgan fingerprint density at radius 3 is 2.33 bits per heavy atom. The maximum atomic E-state index is 12.6. The highest BCUT2D eigenvalue weighted by molar-refractivity contribution is 5.80. The standard InChI is InChI=1S/C16H30N2O3/c1-12(2)18(11-14(19)20)15(21)17-9-6-7-13(8-10-17)16(3,4)5/h12-13H,6-11H2,1-5H3,(H,19,20). The molecule has 0 radical (unpaired) electrons. The van der Waals surface area contributed by atoms with E-state index in [4.69, 9.17) is 5.11 Å². The van der Waals surface area contributed by atoms with Gasteiger partial charge in [0.05, 0.1) is 0 Å². The van der Waals surface area contributed by atoms with Crippen molar-refractivity contribution in [1.82, 2.24) is 9.80 Å². The van der Waals surface area contributed by atoms with Crippen molar-refractivity contribution in [3.8, 4) is 0 Å². The van der Waals surface area contributed by atoms with E-state index >= 15 is 0 Å². The Labute approximate surface area is 128 Å². The van der Waals surface area contributed by atoms with Gasteiger partial charge >= 0.3 is 12.0 Å². The number of urea groups is 1. The van der Waals surface area contributed by atoms with Crippen LogP contribution >= 0.6 is 0 Å². The number of amides is 2. The number of hydrogen-bond acceptors (Lipinski definition) is 2. The average Bonchev–Trinajstić information content (AvgIpc) is 2.59. The fourth-order valence-corrected chi connectivity index (χ4v) is 2.95. The van der Waals surface area contributed by atoms with Crippen molar-refractivity contribution < 1.29 is 14.7 Å². The largest absolute Gasteiger partial charge is 0.480 e. The lowest BCUT2D eigenvalue weighted by atomic mass is 9.77. The third-order valence-corrected chi connectivity index (χ3v) is 4.40. The molecule has 0 aromatic heterocycles. The molecule has 21 heavy (non-hydrogen) atoms. The Kier molecular flexibility index (Phi) is 6.05. The number of nitrogens with zero attached hydrogens (tertiary/aromatic N) is 2. The van der Waals surface area contributed by atoms with E-state index < -0.39 is 5.97 Å². The van der Waals surface area contributed by atoms with Crippen LogP contribution in [0.1, 0.15) is 53.9 Å². The van der Waals surface area contributed by atoms with Crippen molar-refractivity contribution in [2.24, 2.45) is 11.3 Å². The van der Waals surface area contributed by atoms with Crippen molar-refractivity contribution in [2.45, 2.75) is 59.9 Å². The Balaban J connectivity index is 2.71. The van der Waals surface area contributed by atoms with Crippen LogP contribution in [-0.2, 0) is 4.79 Å². The molecule has 2 amide bonds. The zero-order chi connectivity index (χ0) is 16.2. The summed E-state index contributed by atoms with van der Waals surface area (Å²) in [7, 11) is 0. The molecular weight excluding hydrogens is 268 g/mol. The molecule has 0 spiro atoms. The maximum absolute atomic E-state index is 12.6. The molecule has 0 aromatic rings. The van der Waals surface area contributed by atoms with Crippen molar-refractivity contribution in [1.29, 1.82) is 0 Å². The fourth-order valence-electron chi connectivity index (χ4n) is 2.95. The van der Waals surface area contributed by atoms with Gasteiger partial charge in [0, 0.05) is 19.1 Å². The van der Waals surface area contributed by atoms with Crippen LogP contribution < -0.4 is 0 Å². The SMILES string of the molecule is CC(C)N(CC(=O)O)C(=O)N1CCCC(C(C)(C)C)CC1. The number of likely N-dealkylation sites (tertiary alicyclic amines) is 1. The average molecular weight is 298 g/mol. The van der Waals surface area contributed by atoms with Gasteiger partial charge in [0.15, 0.2) is 0 Å². The molecule has 1 saturated heterocycles. The molecule has 1 unspecified atom stereocenters. The molecule has 1 N–H and O–H groups in total. The predicted octanol–water partition coefficient (Wildman–Crippen LogP) is 3.05. The highest BCUT2D eigenvalue weighted by Crippen LogP contribution is 2.34. The monoisotopic (exact) mass is 298 g/mol. The van der Waals surface area contributed by atoms with E-state index in [2.05, 4.69) is 20.8 Å². The van der Waals surface area contributed by atoms with E-state index in [1.807, 2.05) is 18.7 Å². The number of rotatable bonds is 3. The second kappa shape index (κ2) is 7.14. The van der Waals surface area contributed by atoms with Gasteiger partial charge in [0.25, 0.3) is 0 Å². The van der Waals surface area contributed by atoms with E-state index in [0.29, 0.717) is 5.92 Å². The van der Waals surface area contributed by atoms with Crippen LogP contribution in [0.15, 0.2) is 0 Å². The van der Waals surface area contributed by atoms with E-state index in [1.165, 1.54) is 4.90 Å². The number of aliphatic carboxylic acids is 1. The number of carboxylic acid groups (broad SMARTS) is 1. The third kappa shape index (κ3) is 5.21.